The molecule has 0 radical (unpaired) electrons. The van der Waals surface area contributed by atoms with Gasteiger partial charge in [-0.1, -0.05) is 6.07 Å². The zero-order valence-electron chi connectivity index (χ0n) is 17.9. The van der Waals surface area contributed by atoms with E-state index in [-0.39, 0.29) is 11.9 Å². The molecule has 1 atom stereocenters. The van der Waals surface area contributed by atoms with Crippen LogP contribution in [-0.2, 0) is 17.7 Å². The molecule has 6 heteroatoms. The summed E-state index contributed by atoms with van der Waals surface area (Å²) in [5.41, 5.74) is 5.22. The number of methoxy groups -OCH3 is 2. The van der Waals surface area contributed by atoms with Crippen LogP contribution in [0.3, 0.4) is 0 Å². The molecule has 5 rings (SSSR count). The third-order valence-corrected chi connectivity index (χ3v) is 6.29. The number of aromatic nitrogens is 2. The molecule has 0 bridgehead atoms. The van der Waals surface area contributed by atoms with Crippen LogP contribution in [0.2, 0.25) is 0 Å². The van der Waals surface area contributed by atoms with E-state index in [4.69, 9.17) is 9.47 Å². The number of carbonyl (C=O) groups excluding carboxylic acids is 1. The summed E-state index contributed by atoms with van der Waals surface area (Å²) in [5.74, 6) is 0.806. The topological polar surface area (TPSA) is 68.3 Å². The monoisotopic (exact) mass is 417 g/mol. The standard InChI is InChI=1S/C25H27N3O3/c1-30-13-12-28-11-10-16-6-7-17(14-23(16)28)25(29)27-22-5-3-4-19-20-15-18(31-2)8-9-21(20)26-24(19)22/h6-11,14-15,22,26H,3-5,12-13H2,1-2H3,(H,27,29)/t22-/m1/s1. The van der Waals surface area contributed by atoms with Gasteiger partial charge in [-0.05, 0) is 66.6 Å². The lowest BCUT2D eigenvalue weighted by Crippen LogP contribution is -2.31. The molecule has 0 unspecified atom stereocenters. The van der Waals surface area contributed by atoms with Crippen molar-refractivity contribution in [3.05, 3.63) is 65.5 Å². The summed E-state index contributed by atoms with van der Waals surface area (Å²) in [4.78, 5) is 16.7. The van der Waals surface area contributed by atoms with Crippen molar-refractivity contribution in [3.63, 3.8) is 0 Å². The van der Waals surface area contributed by atoms with E-state index in [2.05, 4.69) is 27.0 Å². The van der Waals surface area contributed by atoms with Gasteiger partial charge in [0.25, 0.3) is 5.91 Å². The van der Waals surface area contributed by atoms with Gasteiger partial charge in [0, 0.05) is 47.5 Å². The molecule has 2 heterocycles. The van der Waals surface area contributed by atoms with Crippen molar-refractivity contribution in [1.29, 1.82) is 0 Å². The lowest BCUT2D eigenvalue weighted by molar-refractivity contribution is 0.0932. The molecule has 160 valence electrons. The SMILES string of the molecule is COCCn1ccc2ccc(C(=O)N[C@@H]3CCCc4c3[nH]c3ccc(OC)cc43)cc21. The normalized spacial score (nSPS) is 15.9. The van der Waals surface area contributed by atoms with E-state index in [1.54, 1.807) is 14.2 Å². The maximum Gasteiger partial charge on any atom is 0.251 e. The van der Waals surface area contributed by atoms with Crippen molar-refractivity contribution >= 4 is 27.7 Å². The predicted octanol–water partition coefficient (Wildman–Crippen LogP) is 4.59. The number of aryl methyl sites for hydroxylation is 1. The summed E-state index contributed by atoms with van der Waals surface area (Å²) < 4.78 is 12.7. The lowest BCUT2D eigenvalue weighted by Gasteiger charge is -2.24. The molecule has 0 aliphatic heterocycles. The smallest absolute Gasteiger partial charge is 0.251 e. The number of amides is 1. The number of hydrogen-bond acceptors (Lipinski definition) is 3. The van der Waals surface area contributed by atoms with Crippen LogP contribution in [0.25, 0.3) is 21.8 Å². The molecule has 2 N–H and O–H groups in total. The lowest BCUT2D eigenvalue weighted by atomic mass is 9.91. The number of benzene rings is 2. The highest BCUT2D eigenvalue weighted by molar-refractivity contribution is 5.98. The van der Waals surface area contributed by atoms with Gasteiger partial charge >= 0.3 is 0 Å². The molecule has 1 aliphatic carbocycles. The summed E-state index contributed by atoms with van der Waals surface area (Å²) in [6.45, 7) is 1.39. The van der Waals surface area contributed by atoms with Crippen molar-refractivity contribution in [3.8, 4) is 5.75 Å². The Hall–Kier alpha value is -3.25. The van der Waals surface area contributed by atoms with E-state index in [9.17, 15) is 4.79 Å². The van der Waals surface area contributed by atoms with Crippen molar-refractivity contribution < 1.29 is 14.3 Å². The van der Waals surface area contributed by atoms with Gasteiger partial charge in [-0.3, -0.25) is 4.79 Å². The molecule has 4 aromatic rings. The van der Waals surface area contributed by atoms with E-state index in [0.29, 0.717) is 12.2 Å². The molecule has 0 saturated heterocycles. The maximum absolute atomic E-state index is 13.2. The number of aromatic amines is 1. The van der Waals surface area contributed by atoms with Crippen LogP contribution in [0.5, 0.6) is 5.75 Å². The molecule has 1 aliphatic rings. The summed E-state index contributed by atoms with van der Waals surface area (Å²) in [5, 5.41) is 5.57. The molecule has 0 fully saturated rings. The van der Waals surface area contributed by atoms with Crippen LogP contribution in [-0.4, -0.2) is 36.3 Å². The average Bonchev–Trinajstić information content (AvgIpc) is 3.38. The second-order valence-corrected chi connectivity index (χ2v) is 8.12. The highest BCUT2D eigenvalue weighted by Crippen LogP contribution is 2.36. The first kappa shape index (κ1) is 19.7. The Morgan fingerprint density at radius 3 is 2.94 bits per heavy atom. The Kier molecular flexibility index (Phi) is 5.16. The van der Waals surface area contributed by atoms with Crippen molar-refractivity contribution in [2.45, 2.75) is 31.8 Å². The largest absolute Gasteiger partial charge is 0.497 e. The van der Waals surface area contributed by atoms with E-state index >= 15 is 0 Å². The molecule has 0 saturated carbocycles. The Balaban J connectivity index is 1.42. The zero-order chi connectivity index (χ0) is 21.4. The minimum atomic E-state index is -0.0459. The van der Waals surface area contributed by atoms with Gasteiger partial charge in [-0.15, -0.1) is 0 Å². The van der Waals surface area contributed by atoms with Crippen LogP contribution in [0.1, 0.15) is 40.5 Å². The van der Waals surface area contributed by atoms with E-state index < -0.39 is 0 Å². The molecule has 6 nitrogen and oxygen atoms in total. The molecular weight excluding hydrogens is 390 g/mol. The van der Waals surface area contributed by atoms with Crippen LogP contribution in [0.4, 0.5) is 0 Å². The molecular formula is C25H27N3O3. The fraction of sp³-hybridized carbons (Fsp3) is 0.320. The third kappa shape index (κ3) is 3.57. The number of rotatable bonds is 6. The minimum absolute atomic E-state index is 0.0226. The molecule has 1 amide bonds. The number of nitrogens with zero attached hydrogens (tertiary/aromatic N) is 1. The number of carbonyl (C=O) groups is 1. The van der Waals surface area contributed by atoms with Gasteiger partial charge in [0.05, 0.1) is 19.8 Å². The third-order valence-electron chi connectivity index (χ3n) is 6.29. The second kappa shape index (κ2) is 8.12. The number of H-pyrrole nitrogens is 1. The van der Waals surface area contributed by atoms with Crippen LogP contribution >= 0.6 is 0 Å². The van der Waals surface area contributed by atoms with Gasteiger partial charge in [0.15, 0.2) is 0 Å². The fourth-order valence-corrected chi connectivity index (χ4v) is 4.66. The van der Waals surface area contributed by atoms with Gasteiger partial charge in [-0.2, -0.15) is 0 Å². The maximum atomic E-state index is 13.2. The van der Waals surface area contributed by atoms with E-state index in [1.807, 2.05) is 36.5 Å². The van der Waals surface area contributed by atoms with Crippen molar-refractivity contribution in [2.24, 2.45) is 0 Å². The first-order valence-corrected chi connectivity index (χ1v) is 10.7. The highest BCUT2D eigenvalue weighted by atomic mass is 16.5. The number of fused-ring (bicyclic) bond motifs is 4. The number of hydrogen-bond donors (Lipinski definition) is 2. The van der Waals surface area contributed by atoms with Crippen molar-refractivity contribution in [1.82, 2.24) is 14.9 Å². The van der Waals surface area contributed by atoms with Gasteiger partial charge in [-0.25, -0.2) is 0 Å². The summed E-state index contributed by atoms with van der Waals surface area (Å²) in [6, 6.07) is 14.0. The van der Waals surface area contributed by atoms with E-state index in [1.165, 1.54) is 10.9 Å². The number of nitrogens with one attached hydrogen (secondary N) is 2. The fourth-order valence-electron chi connectivity index (χ4n) is 4.66. The molecule has 31 heavy (non-hydrogen) atoms. The Morgan fingerprint density at radius 1 is 1.19 bits per heavy atom. The summed E-state index contributed by atoms with van der Waals surface area (Å²) in [7, 11) is 3.38. The Bertz CT molecular complexity index is 1250. The second-order valence-electron chi connectivity index (χ2n) is 8.12. The predicted molar refractivity (Wildman–Crippen MR) is 122 cm³/mol. The quantitative estimate of drug-likeness (QED) is 0.482. The summed E-state index contributed by atoms with van der Waals surface area (Å²) >= 11 is 0. The Labute approximate surface area is 181 Å². The summed E-state index contributed by atoms with van der Waals surface area (Å²) in [6.07, 6.45) is 5.02. The van der Waals surface area contributed by atoms with E-state index in [0.717, 1.165) is 53.7 Å². The first-order valence-electron chi connectivity index (χ1n) is 10.7. The molecule has 2 aromatic carbocycles. The van der Waals surface area contributed by atoms with Crippen molar-refractivity contribution in [2.75, 3.05) is 20.8 Å². The molecule has 2 aromatic heterocycles. The average molecular weight is 418 g/mol. The Morgan fingerprint density at radius 2 is 2.10 bits per heavy atom. The van der Waals surface area contributed by atoms with Gasteiger partial charge in [0.1, 0.15) is 5.75 Å². The highest BCUT2D eigenvalue weighted by Gasteiger charge is 2.26. The van der Waals surface area contributed by atoms with Crippen LogP contribution < -0.4 is 10.1 Å². The minimum Gasteiger partial charge on any atom is -0.497 e. The van der Waals surface area contributed by atoms with Gasteiger partial charge < -0.3 is 24.3 Å². The van der Waals surface area contributed by atoms with Gasteiger partial charge in [0.2, 0.25) is 0 Å². The first-order chi connectivity index (χ1) is 15.2. The van der Waals surface area contributed by atoms with Crippen LogP contribution in [0, 0.1) is 0 Å². The van der Waals surface area contributed by atoms with Crippen LogP contribution in [0.15, 0.2) is 48.7 Å². The number of ether oxygens (including phenoxy) is 2. The molecule has 0 spiro atoms. The zero-order valence-corrected chi connectivity index (χ0v) is 17.9.